The average molecular weight is 429 g/mol. The van der Waals surface area contributed by atoms with Gasteiger partial charge in [0.2, 0.25) is 0 Å². The number of rotatable bonds is 5. The highest BCUT2D eigenvalue weighted by atomic mass is 16.5. The molecule has 164 valence electrons. The molecule has 6 rings (SSSR count). The summed E-state index contributed by atoms with van der Waals surface area (Å²) in [7, 11) is 2.19. The van der Waals surface area contributed by atoms with Gasteiger partial charge in [0.25, 0.3) is 0 Å². The van der Waals surface area contributed by atoms with E-state index in [0.29, 0.717) is 12.5 Å². The van der Waals surface area contributed by atoms with E-state index in [2.05, 4.69) is 64.8 Å². The molecule has 2 aromatic heterocycles. The molecule has 0 aliphatic carbocycles. The third-order valence-corrected chi connectivity index (χ3v) is 6.82. The first-order valence-corrected chi connectivity index (χ1v) is 11.3. The highest BCUT2D eigenvalue weighted by Crippen LogP contribution is 2.32. The molecule has 2 saturated heterocycles. The lowest BCUT2D eigenvalue weighted by Gasteiger charge is -2.37. The largest absolute Gasteiger partial charge is 0.493 e. The van der Waals surface area contributed by atoms with Crippen molar-refractivity contribution in [2.45, 2.75) is 19.3 Å². The minimum absolute atomic E-state index is 0.120. The van der Waals surface area contributed by atoms with Crippen LogP contribution in [0.1, 0.15) is 24.8 Å². The van der Waals surface area contributed by atoms with E-state index in [1.165, 1.54) is 17.4 Å². The predicted molar refractivity (Wildman–Crippen MR) is 126 cm³/mol. The molecule has 4 heterocycles. The molecule has 6 nitrogen and oxygen atoms in total. The Balaban J connectivity index is 1.33. The van der Waals surface area contributed by atoms with Gasteiger partial charge in [-0.25, -0.2) is 9.97 Å². The van der Waals surface area contributed by atoms with Crippen LogP contribution in [0.25, 0.3) is 27.8 Å². The molecule has 2 fully saturated rings. The van der Waals surface area contributed by atoms with Gasteiger partial charge in [0.15, 0.2) is 0 Å². The van der Waals surface area contributed by atoms with E-state index >= 15 is 0 Å². The maximum atomic E-state index is 6.03. The van der Waals surface area contributed by atoms with E-state index in [1.54, 1.807) is 0 Å². The number of pyridine rings is 1. The Morgan fingerprint density at radius 2 is 2.06 bits per heavy atom. The van der Waals surface area contributed by atoms with Crippen LogP contribution in [0.2, 0.25) is 0 Å². The lowest BCUT2D eigenvalue weighted by atomic mass is 9.90. The third-order valence-electron chi connectivity index (χ3n) is 6.82. The van der Waals surface area contributed by atoms with Gasteiger partial charge in [0.1, 0.15) is 17.9 Å². The van der Waals surface area contributed by atoms with Crippen molar-refractivity contribution in [3.63, 3.8) is 0 Å². The molecular formula is C26H28N4O2. The number of aromatic nitrogens is 3. The first-order valence-electron chi connectivity index (χ1n) is 11.3. The van der Waals surface area contributed by atoms with Crippen LogP contribution in [0, 0.1) is 5.41 Å². The zero-order chi connectivity index (χ0) is 21.7. The molecule has 4 aromatic rings. The van der Waals surface area contributed by atoms with E-state index in [4.69, 9.17) is 14.5 Å². The van der Waals surface area contributed by atoms with E-state index in [0.717, 1.165) is 54.4 Å². The van der Waals surface area contributed by atoms with E-state index in [-0.39, 0.29) is 5.41 Å². The SMILES string of the molecule is CN1CCC(c2cccc3ccc(-n4cnc5cc(OCC6(C)COC6)ccc54)nc23)C1. The number of likely N-dealkylation sites (N-methyl/N-ethyl adjacent to an activating group) is 1. The molecule has 6 heteroatoms. The van der Waals surface area contributed by atoms with Gasteiger partial charge in [0, 0.05) is 23.4 Å². The second kappa shape index (κ2) is 7.57. The summed E-state index contributed by atoms with van der Waals surface area (Å²) in [4.78, 5) is 12.1. The fourth-order valence-electron chi connectivity index (χ4n) is 4.87. The second-order valence-electron chi connectivity index (χ2n) is 9.69. The number of nitrogens with zero attached hydrogens (tertiary/aromatic N) is 4. The molecule has 1 atom stereocenters. The lowest BCUT2D eigenvalue weighted by Crippen LogP contribution is -2.44. The van der Waals surface area contributed by atoms with Crippen LogP contribution in [-0.2, 0) is 4.74 Å². The molecule has 0 N–H and O–H groups in total. The van der Waals surface area contributed by atoms with Gasteiger partial charge in [-0.2, -0.15) is 0 Å². The maximum Gasteiger partial charge on any atom is 0.139 e. The monoisotopic (exact) mass is 428 g/mol. The van der Waals surface area contributed by atoms with E-state index in [1.807, 2.05) is 18.5 Å². The summed E-state index contributed by atoms with van der Waals surface area (Å²) in [5.74, 6) is 2.27. The fraction of sp³-hybridized carbons (Fsp3) is 0.385. The average Bonchev–Trinajstić information content (AvgIpc) is 3.41. The predicted octanol–water partition coefficient (Wildman–Crippen LogP) is 4.41. The standard InChI is InChI=1S/C26H28N4O2/c1-26(14-31-15-26)16-32-20-7-8-23-22(12-20)27-17-30(23)24-9-6-18-4-3-5-21(25(18)28-24)19-10-11-29(2)13-19/h3-9,12,17,19H,10-11,13-16H2,1-2H3. The van der Waals surface area contributed by atoms with E-state index in [9.17, 15) is 0 Å². The smallest absolute Gasteiger partial charge is 0.139 e. The van der Waals surface area contributed by atoms with Crippen LogP contribution in [0.15, 0.2) is 54.9 Å². The number of benzene rings is 2. The summed E-state index contributed by atoms with van der Waals surface area (Å²) in [5, 5.41) is 1.19. The Labute approximate surface area is 187 Å². The van der Waals surface area contributed by atoms with Crippen molar-refractivity contribution in [2.24, 2.45) is 5.41 Å². The Morgan fingerprint density at radius 3 is 2.84 bits per heavy atom. The molecular weight excluding hydrogens is 400 g/mol. The summed E-state index contributed by atoms with van der Waals surface area (Å²) in [6.07, 6.45) is 3.04. The molecule has 2 aliphatic heterocycles. The van der Waals surface area contributed by atoms with Gasteiger partial charge >= 0.3 is 0 Å². The third kappa shape index (κ3) is 3.44. The zero-order valence-corrected chi connectivity index (χ0v) is 18.6. The van der Waals surface area contributed by atoms with Gasteiger partial charge in [-0.3, -0.25) is 4.57 Å². The van der Waals surface area contributed by atoms with Crippen LogP contribution >= 0.6 is 0 Å². The first kappa shape index (κ1) is 19.7. The second-order valence-corrected chi connectivity index (χ2v) is 9.69. The van der Waals surface area contributed by atoms with Crippen molar-refractivity contribution in [1.29, 1.82) is 0 Å². The molecule has 2 aliphatic rings. The molecule has 0 amide bonds. The number of likely N-dealkylation sites (tertiary alicyclic amines) is 1. The van der Waals surface area contributed by atoms with Crippen molar-refractivity contribution in [3.8, 4) is 11.6 Å². The highest BCUT2D eigenvalue weighted by Gasteiger charge is 2.34. The fourth-order valence-corrected chi connectivity index (χ4v) is 4.87. The number of para-hydroxylation sites is 1. The van der Waals surface area contributed by atoms with Crippen LogP contribution in [0.4, 0.5) is 0 Å². The van der Waals surface area contributed by atoms with Gasteiger partial charge in [-0.05, 0) is 55.8 Å². The van der Waals surface area contributed by atoms with Gasteiger partial charge in [-0.15, -0.1) is 0 Å². The normalized spacial score (nSPS) is 20.6. The summed E-state index contributed by atoms with van der Waals surface area (Å²) in [6, 6.07) is 16.9. The summed E-state index contributed by atoms with van der Waals surface area (Å²) < 4.78 is 13.4. The van der Waals surface area contributed by atoms with Crippen LogP contribution in [-0.4, -0.2) is 59.4 Å². The summed E-state index contributed by atoms with van der Waals surface area (Å²) >= 11 is 0. The van der Waals surface area contributed by atoms with Crippen molar-refractivity contribution in [1.82, 2.24) is 19.4 Å². The Bertz CT molecular complexity index is 1290. The van der Waals surface area contributed by atoms with Crippen molar-refractivity contribution in [2.75, 3.05) is 40.0 Å². The summed E-state index contributed by atoms with van der Waals surface area (Å²) in [5.41, 5.74) is 4.51. The Kier molecular flexibility index (Phi) is 4.66. The van der Waals surface area contributed by atoms with Crippen LogP contribution < -0.4 is 4.74 Å². The van der Waals surface area contributed by atoms with E-state index < -0.39 is 0 Å². The number of fused-ring (bicyclic) bond motifs is 2. The van der Waals surface area contributed by atoms with Gasteiger partial charge in [0.05, 0.1) is 36.4 Å². The van der Waals surface area contributed by atoms with Gasteiger partial charge < -0.3 is 14.4 Å². The molecule has 2 aromatic carbocycles. The van der Waals surface area contributed by atoms with Crippen molar-refractivity contribution >= 4 is 21.9 Å². The summed E-state index contributed by atoms with van der Waals surface area (Å²) in [6.45, 7) is 6.60. The highest BCUT2D eigenvalue weighted by molar-refractivity contribution is 5.84. The molecule has 0 bridgehead atoms. The van der Waals surface area contributed by atoms with Crippen LogP contribution in [0.3, 0.4) is 0 Å². The molecule has 32 heavy (non-hydrogen) atoms. The number of hydrogen-bond donors (Lipinski definition) is 0. The minimum atomic E-state index is 0.120. The van der Waals surface area contributed by atoms with Crippen molar-refractivity contribution < 1.29 is 9.47 Å². The van der Waals surface area contributed by atoms with Crippen molar-refractivity contribution in [3.05, 3.63) is 60.4 Å². The molecule has 0 radical (unpaired) electrons. The lowest BCUT2D eigenvalue weighted by molar-refractivity contribution is -0.120. The number of ether oxygens (including phenoxy) is 2. The topological polar surface area (TPSA) is 52.4 Å². The number of hydrogen-bond acceptors (Lipinski definition) is 5. The first-order chi connectivity index (χ1) is 15.6. The Hall–Kier alpha value is -2.96. The molecule has 1 unspecified atom stereocenters. The zero-order valence-electron chi connectivity index (χ0n) is 18.6. The van der Waals surface area contributed by atoms with Crippen LogP contribution in [0.5, 0.6) is 5.75 Å². The quantitative estimate of drug-likeness (QED) is 0.471. The molecule has 0 spiro atoms. The Morgan fingerprint density at radius 1 is 1.16 bits per heavy atom. The van der Waals surface area contributed by atoms with Gasteiger partial charge in [-0.1, -0.05) is 25.1 Å². The maximum absolute atomic E-state index is 6.03. The number of imidazole rings is 1. The minimum Gasteiger partial charge on any atom is -0.493 e. The molecule has 0 saturated carbocycles.